The Morgan fingerprint density at radius 3 is 2.94 bits per heavy atom. The van der Waals surface area contributed by atoms with E-state index in [9.17, 15) is 5.11 Å². The molecule has 1 N–H and O–H groups in total. The van der Waals surface area contributed by atoms with Gasteiger partial charge >= 0.3 is 0 Å². The zero-order valence-electron chi connectivity index (χ0n) is 10.6. The molecule has 2 atom stereocenters. The Labute approximate surface area is 113 Å². The van der Waals surface area contributed by atoms with Gasteiger partial charge in [-0.1, -0.05) is 17.7 Å². The third-order valence-corrected chi connectivity index (χ3v) is 3.43. The van der Waals surface area contributed by atoms with Crippen LogP contribution in [0.4, 0.5) is 0 Å². The molecule has 4 heteroatoms. The summed E-state index contributed by atoms with van der Waals surface area (Å²) in [6.45, 7) is 3.07. The van der Waals surface area contributed by atoms with Crippen LogP contribution in [0.1, 0.15) is 37.9 Å². The topological polar surface area (TPSA) is 38.7 Å². The van der Waals surface area contributed by atoms with Crippen molar-refractivity contribution in [3.05, 3.63) is 28.8 Å². The Balaban J connectivity index is 1.92. The molecular formula is C14H19ClO3. The zero-order valence-corrected chi connectivity index (χ0v) is 11.3. The molecule has 1 fully saturated rings. The van der Waals surface area contributed by atoms with E-state index in [1.807, 2.05) is 6.07 Å². The number of aliphatic hydroxyl groups is 1. The van der Waals surface area contributed by atoms with Crippen LogP contribution in [0.25, 0.3) is 0 Å². The molecule has 1 aliphatic heterocycles. The zero-order chi connectivity index (χ0) is 13.0. The number of rotatable bonds is 4. The quantitative estimate of drug-likeness (QED) is 0.912. The second-order valence-electron chi connectivity index (χ2n) is 4.67. The monoisotopic (exact) mass is 270 g/mol. The van der Waals surface area contributed by atoms with Crippen LogP contribution in [0.15, 0.2) is 18.2 Å². The summed E-state index contributed by atoms with van der Waals surface area (Å²) in [7, 11) is 0. The molecule has 1 heterocycles. The van der Waals surface area contributed by atoms with Gasteiger partial charge in [0.1, 0.15) is 12.4 Å². The highest BCUT2D eigenvalue weighted by Gasteiger charge is 2.15. The van der Waals surface area contributed by atoms with Gasteiger partial charge < -0.3 is 14.6 Å². The Hall–Kier alpha value is -0.770. The predicted molar refractivity (Wildman–Crippen MR) is 71.2 cm³/mol. The summed E-state index contributed by atoms with van der Waals surface area (Å²) in [5.74, 6) is 0.648. The lowest BCUT2D eigenvalue weighted by atomic mass is 10.1. The van der Waals surface area contributed by atoms with Crippen molar-refractivity contribution < 1.29 is 14.6 Å². The smallest absolute Gasteiger partial charge is 0.138 e. The van der Waals surface area contributed by atoms with Gasteiger partial charge in [0.15, 0.2) is 0 Å². The molecule has 0 spiro atoms. The van der Waals surface area contributed by atoms with Gasteiger partial charge in [0, 0.05) is 6.61 Å². The molecule has 1 aromatic rings. The first-order valence-corrected chi connectivity index (χ1v) is 6.76. The maximum Gasteiger partial charge on any atom is 0.138 e. The number of hydrogen-bond donors (Lipinski definition) is 1. The predicted octanol–water partition coefficient (Wildman–Crippen LogP) is 3.34. The van der Waals surface area contributed by atoms with Gasteiger partial charge in [-0.3, -0.25) is 0 Å². The van der Waals surface area contributed by atoms with Crippen LogP contribution in [0.3, 0.4) is 0 Å². The van der Waals surface area contributed by atoms with E-state index in [4.69, 9.17) is 21.1 Å². The van der Waals surface area contributed by atoms with Crippen molar-refractivity contribution in [1.29, 1.82) is 0 Å². The van der Waals surface area contributed by atoms with Gasteiger partial charge in [-0.15, -0.1) is 0 Å². The molecule has 18 heavy (non-hydrogen) atoms. The van der Waals surface area contributed by atoms with E-state index >= 15 is 0 Å². The summed E-state index contributed by atoms with van der Waals surface area (Å²) in [5.41, 5.74) is 0.793. The van der Waals surface area contributed by atoms with Crippen LogP contribution in [-0.4, -0.2) is 24.4 Å². The second kappa shape index (κ2) is 6.41. The first-order chi connectivity index (χ1) is 8.66. The lowest BCUT2D eigenvalue weighted by molar-refractivity contribution is -0.0110. The summed E-state index contributed by atoms with van der Waals surface area (Å²) < 4.78 is 11.3. The lowest BCUT2D eigenvalue weighted by Crippen LogP contribution is -2.25. The summed E-state index contributed by atoms with van der Waals surface area (Å²) >= 11 is 6.11. The highest BCUT2D eigenvalue weighted by molar-refractivity contribution is 6.32. The van der Waals surface area contributed by atoms with Crippen LogP contribution in [0, 0.1) is 0 Å². The van der Waals surface area contributed by atoms with Crippen LogP contribution in [0.2, 0.25) is 5.02 Å². The fourth-order valence-corrected chi connectivity index (χ4v) is 2.26. The molecule has 1 aliphatic rings. The average Bonchev–Trinajstić information content (AvgIpc) is 2.38. The van der Waals surface area contributed by atoms with Crippen molar-refractivity contribution >= 4 is 11.6 Å². The van der Waals surface area contributed by atoms with Crippen LogP contribution in [0.5, 0.6) is 5.75 Å². The summed E-state index contributed by atoms with van der Waals surface area (Å²) in [4.78, 5) is 0. The Bertz CT molecular complexity index is 387. The van der Waals surface area contributed by atoms with Crippen molar-refractivity contribution in [3.8, 4) is 5.75 Å². The third kappa shape index (κ3) is 3.61. The summed E-state index contributed by atoms with van der Waals surface area (Å²) in [5, 5.41) is 9.99. The molecule has 0 saturated carbocycles. The lowest BCUT2D eigenvalue weighted by Gasteiger charge is -2.23. The van der Waals surface area contributed by atoms with Gasteiger partial charge in [0.25, 0.3) is 0 Å². The van der Waals surface area contributed by atoms with E-state index < -0.39 is 6.10 Å². The van der Waals surface area contributed by atoms with Gasteiger partial charge in [-0.05, 0) is 43.9 Å². The van der Waals surface area contributed by atoms with E-state index in [1.165, 1.54) is 6.42 Å². The minimum absolute atomic E-state index is 0.172. The molecular weight excluding hydrogens is 252 g/mol. The standard InChI is InChI=1S/C14H19ClO3/c1-10(16)11-5-6-14(13(15)8-11)18-9-12-4-2-3-7-17-12/h5-6,8,10,12,16H,2-4,7,9H2,1H3/t10-,12?/m0/s1. The maximum absolute atomic E-state index is 9.45. The first kappa shape index (κ1) is 13.7. The molecule has 1 aromatic carbocycles. The van der Waals surface area contributed by atoms with Gasteiger partial charge in [-0.2, -0.15) is 0 Å². The fourth-order valence-electron chi connectivity index (χ4n) is 2.02. The molecule has 0 bridgehead atoms. The van der Waals surface area contributed by atoms with Crippen molar-refractivity contribution in [2.24, 2.45) is 0 Å². The minimum Gasteiger partial charge on any atom is -0.489 e. The average molecular weight is 271 g/mol. The Morgan fingerprint density at radius 1 is 1.50 bits per heavy atom. The molecule has 3 nitrogen and oxygen atoms in total. The highest BCUT2D eigenvalue weighted by atomic mass is 35.5. The Kier molecular flexibility index (Phi) is 4.87. The van der Waals surface area contributed by atoms with E-state index in [-0.39, 0.29) is 6.10 Å². The van der Waals surface area contributed by atoms with Crippen molar-refractivity contribution in [2.45, 2.75) is 38.4 Å². The van der Waals surface area contributed by atoms with E-state index in [1.54, 1.807) is 19.1 Å². The van der Waals surface area contributed by atoms with E-state index in [2.05, 4.69) is 0 Å². The molecule has 0 aliphatic carbocycles. The normalized spacial score (nSPS) is 21.6. The second-order valence-corrected chi connectivity index (χ2v) is 5.07. The molecule has 1 unspecified atom stereocenters. The number of hydrogen-bond acceptors (Lipinski definition) is 3. The molecule has 1 saturated heterocycles. The molecule has 2 rings (SSSR count). The van der Waals surface area contributed by atoms with E-state index in [0.717, 1.165) is 25.0 Å². The molecule has 0 aromatic heterocycles. The number of aliphatic hydroxyl groups excluding tert-OH is 1. The molecule has 0 radical (unpaired) electrons. The molecule has 100 valence electrons. The number of benzene rings is 1. The van der Waals surface area contributed by atoms with Crippen LogP contribution in [-0.2, 0) is 4.74 Å². The maximum atomic E-state index is 9.45. The van der Waals surface area contributed by atoms with Crippen LogP contribution < -0.4 is 4.74 Å². The number of ether oxygens (including phenoxy) is 2. The third-order valence-electron chi connectivity index (χ3n) is 3.14. The SMILES string of the molecule is C[C@H](O)c1ccc(OCC2CCCCO2)c(Cl)c1. The van der Waals surface area contributed by atoms with E-state index in [0.29, 0.717) is 17.4 Å². The number of halogens is 1. The van der Waals surface area contributed by atoms with Crippen molar-refractivity contribution in [2.75, 3.05) is 13.2 Å². The van der Waals surface area contributed by atoms with Gasteiger partial charge in [0.2, 0.25) is 0 Å². The first-order valence-electron chi connectivity index (χ1n) is 6.38. The van der Waals surface area contributed by atoms with Gasteiger partial charge in [-0.25, -0.2) is 0 Å². The minimum atomic E-state index is -0.516. The summed E-state index contributed by atoms with van der Waals surface area (Å²) in [6.07, 6.45) is 3.04. The van der Waals surface area contributed by atoms with Gasteiger partial charge in [0.05, 0.1) is 17.2 Å². The fraction of sp³-hybridized carbons (Fsp3) is 0.571. The molecule has 0 amide bonds. The largest absolute Gasteiger partial charge is 0.489 e. The Morgan fingerprint density at radius 2 is 2.33 bits per heavy atom. The van der Waals surface area contributed by atoms with Crippen molar-refractivity contribution in [1.82, 2.24) is 0 Å². The van der Waals surface area contributed by atoms with Crippen molar-refractivity contribution in [3.63, 3.8) is 0 Å². The highest BCUT2D eigenvalue weighted by Crippen LogP contribution is 2.28. The van der Waals surface area contributed by atoms with Crippen LogP contribution >= 0.6 is 11.6 Å². The summed E-state index contributed by atoms with van der Waals surface area (Å²) in [6, 6.07) is 5.37.